The molecule has 21 heavy (non-hydrogen) atoms. The first-order valence-electron chi connectivity index (χ1n) is 7.48. The number of aromatic nitrogens is 2. The molecule has 0 spiro atoms. The average Bonchev–Trinajstić information content (AvgIpc) is 2.79. The third kappa shape index (κ3) is 3.06. The first-order chi connectivity index (χ1) is 10.2. The van der Waals surface area contributed by atoms with Gasteiger partial charge in [-0.2, -0.15) is 0 Å². The van der Waals surface area contributed by atoms with Gasteiger partial charge in [0.05, 0.1) is 17.6 Å². The second kappa shape index (κ2) is 6.32. The van der Waals surface area contributed by atoms with Gasteiger partial charge in [0.2, 0.25) is 0 Å². The largest absolute Gasteiger partial charge is 0.381 e. The topological polar surface area (TPSA) is 27.1 Å². The van der Waals surface area contributed by atoms with Crippen molar-refractivity contribution in [3.8, 4) is 0 Å². The molecule has 3 nitrogen and oxygen atoms in total. The minimum absolute atomic E-state index is 0.203. The fraction of sp³-hybridized carbons (Fsp3) is 0.562. The molecule has 1 unspecified atom stereocenters. The van der Waals surface area contributed by atoms with Crippen LogP contribution in [0.1, 0.15) is 24.2 Å². The predicted molar refractivity (Wildman–Crippen MR) is 82.4 cm³/mol. The summed E-state index contributed by atoms with van der Waals surface area (Å²) in [6, 6.07) is 3.41. The molecule has 0 bridgehead atoms. The average molecular weight is 311 g/mol. The van der Waals surface area contributed by atoms with E-state index in [0.29, 0.717) is 23.8 Å². The van der Waals surface area contributed by atoms with Crippen molar-refractivity contribution >= 4 is 22.6 Å². The van der Waals surface area contributed by atoms with Crippen LogP contribution in [0.5, 0.6) is 0 Å². The highest BCUT2D eigenvalue weighted by atomic mass is 35.5. The highest BCUT2D eigenvalue weighted by molar-refractivity contribution is 6.17. The summed E-state index contributed by atoms with van der Waals surface area (Å²) in [5.41, 5.74) is 2.37. The van der Waals surface area contributed by atoms with Crippen molar-refractivity contribution in [3.05, 3.63) is 29.3 Å². The molecule has 1 aliphatic heterocycles. The second-order valence-electron chi connectivity index (χ2n) is 5.75. The number of halogens is 2. The van der Waals surface area contributed by atoms with Gasteiger partial charge < -0.3 is 9.30 Å². The van der Waals surface area contributed by atoms with Crippen LogP contribution in [0.3, 0.4) is 0 Å². The van der Waals surface area contributed by atoms with E-state index in [9.17, 15) is 4.39 Å². The Morgan fingerprint density at radius 2 is 2.33 bits per heavy atom. The Bertz CT molecular complexity index is 635. The van der Waals surface area contributed by atoms with E-state index in [2.05, 4.69) is 9.55 Å². The van der Waals surface area contributed by atoms with Crippen molar-refractivity contribution in [3.63, 3.8) is 0 Å². The molecule has 1 fully saturated rings. The minimum Gasteiger partial charge on any atom is -0.381 e. The number of hydrogen-bond acceptors (Lipinski definition) is 2. The Morgan fingerprint density at radius 1 is 1.48 bits per heavy atom. The van der Waals surface area contributed by atoms with Gasteiger partial charge in [0, 0.05) is 37.4 Å². The van der Waals surface area contributed by atoms with Crippen LogP contribution < -0.4 is 0 Å². The normalized spacial score (nSPS) is 19.3. The molecule has 0 N–H and O–H groups in total. The molecule has 0 saturated carbocycles. The van der Waals surface area contributed by atoms with Crippen LogP contribution in [0.2, 0.25) is 0 Å². The van der Waals surface area contributed by atoms with Crippen LogP contribution in [0.25, 0.3) is 11.0 Å². The molecule has 3 rings (SSSR count). The van der Waals surface area contributed by atoms with Crippen molar-refractivity contribution in [2.75, 3.05) is 19.1 Å². The third-order valence-electron chi connectivity index (χ3n) is 4.12. The molecular weight excluding hydrogens is 291 g/mol. The number of imidazole rings is 1. The zero-order chi connectivity index (χ0) is 14.8. The maximum absolute atomic E-state index is 13.7. The van der Waals surface area contributed by atoms with E-state index in [1.54, 1.807) is 6.92 Å². The Balaban J connectivity index is 2.00. The lowest BCUT2D eigenvalue weighted by Crippen LogP contribution is -2.23. The van der Waals surface area contributed by atoms with E-state index in [-0.39, 0.29) is 5.82 Å². The van der Waals surface area contributed by atoms with Gasteiger partial charge in [0.25, 0.3) is 0 Å². The van der Waals surface area contributed by atoms with Crippen LogP contribution in [0.4, 0.5) is 4.39 Å². The summed E-state index contributed by atoms with van der Waals surface area (Å²) in [4.78, 5) is 4.57. The smallest absolute Gasteiger partial charge is 0.128 e. The molecule has 1 atom stereocenters. The minimum atomic E-state index is -0.203. The molecule has 1 saturated heterocycles. The number of nitrogens with zero attached hydrogens (tertiary/aromatic N) is 2. The van der Waals surface area contributed by atoms with Crippen LogP contribution in [-0.4, -0.2) is 28.6 Å². The molecule has 0 radical (unpaired) electrons. The second-order valence-corrected chi connectivity index (χ2v) is 6.13. The van der Waals surface area contributed by atoms with E-state index < -0.39 is 0 Å². The van der Waals surface area contributed by atoms with E-state index in [1.807, 2.05) is 6.07 Å². The first-order valence-corrected chi connectivity index (χ1v) is 8.01. The Morgan fingerprint density at radius 3 is 3.05 bits per heavy atom. The Kier molecular flexibility index (Phi) is 4.45. The lowest BCUT2D eigenvalue weighted by Gasteiger charge is -2.23. The SMILES string of the molecule is Cc1cc2c(cc1F)nc(CCCl)n2CC1CCCOC1. The lowest BCUT2D eigenvalue weighted by molar-refractivity contribution is 0.0485. The summed E-state index contributed by atoms with van der Waals surface area (Å²) >= 11 is 5.89. The zero-order valence-electron chi connectivity index (χ0n) is 12.2. The maximum Gasteiger partial charge on any atom is 0.128 e. The Labute approximate surface area is 129 Å². The zero-order valence-corrected chi connectivity index (χ0v) is 13.0. The van der Waals surface area contributed by atoms with E-state index in [4.69, 9.17) is 16.3 Å². The van der Waals surface area contributed by atoms with Crippen LogP contribution in [0.15, 0.2) is 12.1 Å². The fourth-order valence-electron chi connectivity index (χ4n) is 2.99. The number of fused-ring (bicyclic) bond motifs is 1. The molecule has 5 heteroatoms. The van der Waals surface area contributed by atoms with Crippen molar-refractivity contribution in [2.45, 2.75) is 32.7 Å². The van der Waals surface area contributed by atoms with Crippen molar-refractivity contribution in [1.82, 2.24) is 9.55 Å². The number of benzene rings is 1. The molecular formula is C16H20ClFN2O. The van der Waals surface area contributed by atoms with Gasteiger partial charge in [-0.3, -0.25) is 0 Å². The van der Waals surface area contributed by atoms with Gasteiger partial charge in [-0.1, -0.05) is 0 Å². The number of rotatable bonds is 4. The van der Waals surface area contributed by atoms with E-state index >= 15 is 0 Å². The molecule has 1 aliphatic rings. The summed E-state index contributed by atoms with van der Waals surface area (Å²) < 4.78 is 21.5. The highest BCUT2D eigenvalue weighted by Gasteiger charge is 2.19. The molecule has 114 valence electrons. The van der Waals surface area contributed by atoms with Crippen LogP contribution >= 0.6 is 11.6 Å². The standard InChI is InChI=1S/C16H20ClFN2O/c1-11-7-15-14(8-13(11)18)19-16(4-5-17)20(15)9-12-3-2-6-21-10-12/h7-8,12H,2-6,9-10H2,1H3. The van der Waals surface area contributed by atoms with Gasteiger partial charge in [-0.25, -0.2) is 9.37 Å². The lowest BCUT2D eigenvalue weighted by atomic mass is 10.0. The number of alkyl halides is 1. The van der Waals surface area contributed by atoms with Gasteiger partial charge in [0.1, 0.15) is 11.6 Å². The quantitative estimate of drug-likeness (QED) is 0.805. The summed E-state index contributed by atoms with van der Waals surface area (Å²) in [5.74, 6) is 1.75. The van der Waals surface area contributed by atoms with E-state index in [1.165, 1.54) is 12.5 Å². The van der Waals surface area contributed by atoms with Crippen LogP contribution in [0, 0.1) is 18.7 Å². The molecule has 0 aliphatic carbocycles. The number of ether oxygens (including phenoxy) is 1. The number of aryl methyl sites for hydroxylation is 2. The van der Waals surface area contributed by atoms with E-state index in [0.717, 1.165) is 43.0 Å². The summed E-state index contributed by atoms with van der Waals surface area (Å²) in [7, 11) is 0. The summed E-state index contributed by atoms with van der Waals surface area (Å²) in [5, 5.41) is 0. The molecule has 1 aromatic heterocycles. The molecule has 2 aromatic rings. The predicted octanol–water partition coefficient (Wildman–Crippen LogP) is 3.69. The van der Waals surface area contributed by atoms with Gasteiger partial charge in [-0.05, 0) is 31.4 Å². The van der Waals surface area contributed by atoms with Gasteiger partial charge >= 0.3 is 0 Å². The summed E-state index contributed by atoms with van der Waals surface area (Å²) in [6.45, 7) is 4.31. The highest BCUT2D eigenvalue weighted by Crippen LogP contribution is 2.24. The molecule has 1 aromatic carbocycles. The maximum atomic E-state index is 13.7. The fourth-order valence-corrected chi connectivity index (χ4v) is 3.16. The molecule has 0 amide bonds. The number of hydrogen-bond donors (Lipinski definition) is 0. The molecule has 2 heterocycles. The van der Waals surface area contributed by atoms with Gasteiger partial charge in [0.15, 0.2) is 0 Å². The monoisotopic (exact) mass is 310 g/mol. The van der Waals surface area contributed by atoms with Crippen molar-refractivity contribution in [1.29, 1.82) is 0 Å². The Hall–Kier alpha value is -1.13. The third-order valence-corrected chi connectivity index (χ3v) is 4.31. The first kappa shape index (κ1) is 14.8. The van der Waals surface area contributed by atoms with Crippen LogP contribution in [-0.2, 0) is 17.7 Å². The summed E-state index contributed by atoms with van der Waals surface area (Å²) in [6.07, 6.45) is 2.97. The van der Waals surface area contributed by atoms with Crippen molar-refractivity contribution < 1.29 is 9.13 Å². The van der Waals surface area contributed by atoms with Gasteiger partial charge in [-0.15, -0.1) is 11.6 Å². The van der Waals surface area contributed by atoms with Crippen molar-refractivity contribution in [2.24, 2.45) is 5.92 Å².